The Morgan fingerprint density at radius 3 is 2.58 bits per heavy atom. The number of benzene rings is 1. The van der Waals surface area contributed by atoms with Gasteiger partial charge in [-0.15, -0.1) is 0 Å². The molecular formula is C18H28N4O3S. The van der Waals surface area contributed by atoms with Gasteiger partial charge in [0.1, 0.15) is 5.82 Å². The van der Waals surface area contributed by atoms with Crippen molar-refractivity contribution in [3.05, 3.63) is 24.0 Å². The first kappa shape index (κ1) is 20.4. The highest BCUT2D eigenvalue weighted by Gasteiger charge is 2.19. The number of imidazole rings is 1. The highest BCUT2D eigenvalue weighted by atomic mass is 32.2. The molecule has 0 bridgehead atoms. The lowest BCUT2D eigenvalue weighted by atomic mass is 10.2. The summed E-state index contributed by atoms with van der Waals surface area (Å²) in [6.45, 7) is 6.72. The molecular weight excluding hydrogens is 352 g/mol. The Morgan fingerprint density at radius 2 is 2.00 bits per heavy atom. The minimum atomic E-state index is -3.50. The lowest BCUT2D eigenvalue weighted by Gasteiger charge is -2.12. The molecule has 1 atom stereocenters. The third-order valence-corrected chi connectivity index (χ3v) is 6.30. The Morgan fingerprint density at radius 1 is 1.31 bits per heavy atom. The van der Waals surface area contributed by atoms with Crippen LogP contribution in [0.5, 0.6) is 0 Å². The van der Waals surface area contributed by atoms with E-state index in [0.29, 0.717) is 24.9 Å². The third kappa shape index (κ3) is 4.24. The van der Waals surface area contributed by atoms with Gasteiger partial charge in [0.05, 0.1) is 15.9 Å². The maximum atomic E-state index is 12.3. The highest BCUT2D eigenvalue weighted by Crippen LogP contribution is 2.22. The molecule has 2 aromatic rings. The average Bonchev–Trinajstić information content (AvgIpc) is 2.96. The molecule has 2 rings (SSSR count). The van der Waals surface area contributed by atoms with E-state index in [-0.39, 0.29) is 16.8 Å². The number of aromatic nitrogens is 2. The lowest BCUT2D eigenvalue weighted by Crippen LogP contribution is -2.32. The predicted molar refractivity (Wildman–Crippen MR) is 102 cm³/mol. The second-order valence-corrected chi connectivity index (χ2v) is 8.74. The molecule has 1 aromatic heterocycles. The van der Waals surface area contributed by atoms with Gasteiger partial charge in [0.25, 0.3) is 0 Å². The van der Waals surface area contributed by atoms with Crippen molar-refractivity contribution in [3.8, 4) is 0 Å². The van der Waals surface area contributed by atoms with E-state index >= 15 is 0 Å². The van der Waals surface area contributed by atoms with Crippen LogP contribution in [-0.2, 0) is 27.8 Å². The van der Waals surface area contributed by atoms with Gasteiger partial charge in [-0.3, -0.25) is 4.79 Å². The van der Waals surface area contributed by atoms with Gasteiger partial charge in [-0.1, -0.05) is 6.92 Å². The van der Waals surface area contributed by atoms with E-state index in [1.54, 1.807) is 18.2 Å². The molecule has 144 valence electrons. The van der Waals surface area contributed by atoms with Gasteiger partial charge in [-0.2, -0.15) is 0 Å². The Balaban J connectivity index is 2.29. The highest BCUT2D eigenvalue weighted by molar-refractivity contribution is 7.89. The summed E-state index contributed by atoms with van der Waals surface area (Å²) in [5.41, 5.74) is 1.51. The van der Waals surface area contributed by atoms with Crippen LogP contribution in [0.2, 0.25) is 0 Å². The Bertz CT molecular complexity index is 887. The molecule has 1 N–H and O–H groups in total. The molecule has 0 saturated carbocycles. The number of amides is 1. The van der Waals surface area contributed by atoms with Crippen molar-refractivity contribution in [2.75, 3.05) is 14.1 Å². The number of sulfonamides is 1. The normalized spacial score (nSPS) is 13.3. The van der Waals surface area contributed by atoms with Gasteiger partial charge >= 0.3 is 0 Å². The minimum absolute atomic E-state index is 0.00457. The maximum absolute atomic E-state index is 12.3. The van der Waals surface area contributed by atoms with Gasteiger partial charge in [-0.25, -0.2) is 17.7 Å². The summed E-state index contributed by atoms with van der Waals surface area (Å²) in [7, 11) is -0.490. The summed E-state index contributed by atoms with van der Waals surface area (Å²) >= 11 is 0. The lowest BCUT2D eigenvalue weighted by molar-refractivity contribution is -0.121. The quantitative estimate of drug-likeness (QED) is 0.760. The molecule has 0 radical (unpaired) electrons. The summed E-state index contributed by atoms with van der Waals surface area (Å²) in [6, 6.07) is 5.14. The number of carbonyl (C=O) groups is 1. The third-order valence-electron chi connectivity index (χ3n) is 4.49. The summed E-state index contributed by atoms with van der Waals surface area (Å²) in [5.74, 6) is 0.797. The summed E-state index contributed by atoms with van der Waals surface area (Å²) in [6.07, 6.45) is 1.76. The largest absolute Gasteiger partial charge is 0.354 e. The smallest absolute Gasteiger partial charge is 0.242 e. The van der Waals surface area contributed by atoms with E-state index in [1.807, 2.05) is 25.3 Å². The van der Waals surface area contributed by atoms with E-state index in [1.165, 1.54) is 18.4 Å². The standard InChI is InChI=1S/C18H28N4O3S/c1-6-13(3)19-18(23)11-10-17-20-15-12-14(26(24,25)21(4)5)8-9-16(15)22(17)7-2/h8-9,12-13H,6-7,10-11H2,1-5H3,(H,19,23)/t13-/m0/s1. The van der Waals surface area contributed by atoms with Crippen molar-refractivity contribution in [1.82, 2.24) is 19.2 Å². The van der Waals surface area contributed by atoms with Crippen molar-refractivity contribution in [2.24, 2.45) is 0 Å². The zero-order valence-electron chi connectivity index (χ0n) is 16.1. The fourth-order valence-electron chi connectivity index (χ4n) is 2.75. The molecule has 0 unspecified atom stereocenters. The van der Waals surface area contributed by atoms with E-state index < -0.39 is 10.0 Å². The van der Waals surface area contributed by atoms with Crippen molar-refractivity contribution in [2.45, 2.75) is 57.5 Å². The number of carbonyl (C=O) groups excluding carboxylic acids is 1. The summed E-state index contributed by atoms with van der Waals surface area (Å²) in [4.78, 5) is 16.8. The zero-order valence-corrected chi connectivity index (χ0v) is 16.9. The second-order valence-electron chi connectivity index (χ2n) is 6.59. The minimum Gasteiger partial charge on any atom is -0.354 e. The number of rotatable bonds is 8. The molecule has 26 heavy (non-hydrogen) atoms. The fourth-order valence-corrected chi connectivity index (χ4v) is 3.67. The maximum Gasteiger partial charge on any atom is 0.242 e. The van der Waals surface area contributed by atoms with Crippen LogP contribution in [-0.4, -0.2) is 48.3 Å². The predicted octanol–water partition coefficient (Wildman–Crippen LogP) is 2.15. The van der Waals surface area contributed by atoms with Crippen molar-refractivity contribution in [1.29, 1.82) is 0 Å². The fraction of sp³-hybridized carbons (Fsp3) is 0.556. The number of nitrogens with one attached hydrogen (secondary N) is 1. The molecule has 0 saturated heterocycles. The van der Waals surface area contributed by atoms with Crippen molar-refractivity contribution < 1.29 is 13.2 Å². The van der Waals surface area contributed by atoms with Crippen LogP contribution in [0.3, 0.4) is 0 Å². The number of aryl methyl sites for hydroxylation is 2. The summed E-state index contributed by atoms with van der Waals surface area (Å²) < 4.78 is 27.9. The van der Waals surface area contributed by atoms with E-state index in [2.05, 4.69) is 10.3 Å². The first-order chi connectivity index (χ1) is 12.2. The molecule has 0 aliphatic rings. The molecule has 1 amide bonds. The van der Waals surface area contributed by atoms with E-state index in [9.17, 15) is 13.2 Å². The SMILES string of the molecule is CC[C@H](C)NC(=O)CCc1nc2cc(S(=O)(=O)N(C)C)ccc2n1CC. The summed E-state index contributed by atoms with van der Waals surface area (Å²) in [5, 5.41) is 2.95. The first-order valence-electron chi connectivity index (χ1n) is 8.91. The Hall–Kier alpha value is -1.93. The number of hydrogen-bond acceptors (Lipinski definition) is 4. The Labute approximate surface area is 155 Å². The molecule has 0 aliphatic heterocycles. The van der Waals surface area contributed by atoms with Crippen LogP contribution in [0.4, 0.5) is 0 Å². The van der Waals surface area contributed by atoms with Crippen LogP contribution in [0.1, 0.15) is 39.4 Å². The molecule has 0 fully saturated rings. The molecule has 0 aliphatic carbocycles. The average molecular weight is 381 g/mol. The van der Waals surface area contributed by atoms with Gasteiger partial charge in [0.2, 0.25) is 15.9 Å². The van der Waals surface area contributed by atoms with E-state index in [4.69, 9.17) is 0 Å². The molecule has 8 heteroatoms. The Kier molecular flexibility index (Phi) is 6.41. The monoisotopic (exact) mass is 380 g/mol. The second kappa shape index (κ2) is 8.18. The van der Waals surface area contributed by atoms with Crippen LogP contribution in [0.15, 0.2) is 23.1 Å². The van der Waals surface area contributed by atoms with Crippen molar-refractivity contribution >= 4 is 27.0 Å². The number of fused-ring (bicyclic) bond motifs is 1. The van der Waals surface area contributed by atoms with Crippen LogP contribution >= 0.6 is 0 Å². The van der Waals surface area contributed by atoms with Crippen LogP contribution in [0, 0.1) is 0 Å². The molecule has 7 nitrogen and oxygen atoms in total. The van der Waals surface area contributed by atoms with Crippen molar-refractivity contribution in [3.63, 3.8) is 0 Å². The van der Waals surface area contributed by atoms with Gasteiger partial charge in [0.15, 0.2) is 0 Å². The van der Waals surface area contributed by atoms with Crippen LogP contribution in [0.25, 0.3) is 11.0 Å². The molecule has 0 spiro atoms. The topological polar surface area (TPSA) is 84.3 Å². The molecule has 1 heterocycles. The van der Waals surface area contributed by atoms with Crippen LogP contribution < -0.4 is 5.32 Å². The number of hydrogen-bond donors (Lipinski definition) is 1. The van der Waals surface area contributed by atoms with Gasteiger partial charge < -0.3 is 9.88 Å². The first-order valence-corrected chi connectivity index (χ1v) is 10.4. The number of nitrogens with zero attached hydrogens (tertiary/aromatic N) is 3. The van der Waals surface area contributed by atoms with Gasteiger partial charge in [0, 0.05) is 39.5 Å². The van der Waals surface area contributed by atoms with Gasteiger partial charge in [-0.05, 0) is 38.5 Å². The molecule has 1 aromatic carbocycles. The van der Waals surface area contributed by atoms with E-state index in [0.717, 1.165) is 17.8 Å². The zero-order chi connectivity index (χ0) is 19.5.